The molecule has 1 radical (unpaired) electrons. The zero-order chi connectivity index (χ0) is 9.26. The van der Waals surface area contributed by atoms with Crippen molar-refractivity contribution in [2.75, 3.05) is 0 Å². The lowest BCUT2D eigenvalue weighted by atomic mass is 10.3. The van der Waals surface area contributed by atoms with Gasteiger partial charge in [-0.2, -0.15) is 5.10 Å². The van der Waals surface area contributed by atoms with E-state index in [0.29, 0.717) is 5.69 Å². The Bertz CT molecular complexity index is 420. The molecule has 0 amide bonds. The van der Waals surface area contributed by atoms with Gasteiger partial charge in [0.15, 0.2) is 0 Å². The number of nitrogens with zero attached hydrogens (tertiary/aromatic N) is 2. The van der Waals surface area contributed by atoms with Crippen molar-refractivity contribution in [1.29, 1.82) is 0 Å². The Labute approximate surface area is 75.6 Å². The lowest BCUT2D eigenvalue weighted by Gasteiger charge is -1.99. The van der Waals surface area contributed by atoms with Crippen molar-refractivity contribution in [3.05, 3.63) is 48.0 Å². The molecule has 0 fully saturated rings. The predicted octanol–water partition coefficient (Wildman–Crippen LogP) is 2.12. The monoisotopic (exact) mass is 175 g/mol. The van der Waals surface area contributed by atoms with Crippen LogP contribution in [-0.2, 0) is 0 Å². The molecule has 1 aromatic carbocycles. The summed E-state index contributed by atoms with van der Waals surface area (Å²) in [6, 6.07) is 9.01. The van der Waals surface area contributed by atoms with Gasteiger partial charge >= 0.3 is 0 Å². The van der Waals surface area contributed by atoms with E-state index < -0.39 is 0 Å². The molecule has 0 aliphatic carbocycles. The average Bonchev–Trinajstić information content (AvgIpc) is 2.52. The summed E-state index contributed by atoms with van der Waals surface area (Å²) in [4.78, 5) is 0. The molecule has 0 N–H and O–H groups in total. The van der Waals surface area contributed by atoms with Gasteiger partial charge in [-0.1, -0.05) is 0 Å². The van der Waals surface area contributed by atoms with Crippen LogP contribution in [0.4, 0.5) is 4.39 Å². The fourth-order valence-electron chi connectivity index (χ4n) is 1.13. The Morgan fingerprint density at radius 3 is 2.92 bits per heavy atom. The highest BCUT2D eigenvalue weighted by Crippen LogP contribution is 2.08. The minimum atomic E-state index is -0.370. The van der Waals surface area contributed by atoms with E-state index in [2.05, 4.69) is 11.2 Å². The molecule has 0 atom stereocenters. The summed E-state index contributed by atoms with van der Waals surface area (Å²) in [6.07, 6.45) is 1.80. The van der Waals surface area contributed by atoms with Crippen molar-refractivity contribution in [3.8, 4) is 5.69 Å². The summed E-state index contributed by atoms with van der Waals surface area (Å²) in [6.45, 7) is 1.89. The molecular weight excluding hydrogens is 167 g/mol. The maximum Gasteiger partial charge on any atom is 0.133 e. The lowest BCUT2D eigenvalue weighted by molar-refractivity contribution is 0.623. The van der Waals surface area contributed by atoms with Crippen LogP contribution in [0.5, 0.6) is 0 Å². The van der Waals surface area contributed by atoms with E-state index in [9.17, 15) is 4.39 Å². The average molecular weight is 175 g/mol. The minimum Gasteiger partial charge on any atom is -0.241 e. The van der Waals surface area contributed by atoms with Crippen LogP contribution in [0.1, 0.15) is 5.69 Å². The van der Waals surface area contributed by atoms with E-state index >= 15 is 0 Å². The second-order valence-corrected chi connectivity index (χ2v) is 2.80. The largest absolute Gasteiger partial charge is 0.241 e. The molecule has 0 spiro atoms. The van der Waals surface area contributed by atoms with Gasteiger partial charge in [0.05, 0.1) is 11.4 Å². The van der Waals surface area contributed by atoms with Crippen LogP contribution in [0.15, 0.2) is 30.5 Å². The molecule has 0 saturated heterocycles. The van der Waals surface area contributed by atoms with Crippen molar-refractivity contribution in [2.45, 2.75) is 6.92 Å². The van der Waals surface area contributed by atoms with Crippen LogP contribution in [0.3, 0.4) is 0 Å². The summed E-state index contributed by atoms with van der Waals surface area (Å²) in [7, 11) is 0. The van der Waals surface area contributed by atoms with Crippen molar-refractivity contribution in [2.24, 2.45) is 0 Å². The maximum absolute atomic E-state index is 12.8. The van der Waals surface area contributed by atoms with Crippen LogP contribution in [0, 0.1) is 18.8 Å². The van der Waals surface area contributed by atoms with Gasteiger partial charge in [-0.15, -0.1) is 0 Å². The van der Waals surface area contributed by atoms with Gasteiger partial charge in [-0.05, 0) is 25.1 Å². The molecule has 2 rings (SSSR count). The number of benzene rings is 1. The minimum absolute atomic E-state index is 0.370. The molecule has 13 heavy (non-hydrogen) atoms. The molecular formula is C10H8FN2. The van der Waals surface area contributed by atoms with Gasteiger partial charge in [0.1, 0.15) is 5.82 Å². The van der Waals surface area contributed by atoms with Gasteiger partial charge in [-0.3, -0.25) is 0 Å². The first kappa shape index (κ1) is 7.98. The Hall–Kier alpha value is -1.64. The molecule has 0 aliphatic rings. The quantitative estimate of drug-likeness (QED) is 0.649. The first-order valence-electron chi connectivity index (χ1n) is 3.95. The van der Waals surface area contributed by atoms with Crippen molar-refractivity contribution >= 4 is 0 Å². The van der Waals surface area contributed by atoms with Crippen LogP contribution >= 0.6 is 0 Å². The molecule has 0 unspecified atom stereocenters. The van der Waals surface area contributed by atoms with E-state index in [0.717, 1.165) is 5.69 Å². The number of hydrogen-bond acceptors (Lipinski definition) is 1. The van der Waals surface area contributed by atoms with Crippen molar-refractivity contribution in [3.63, 3.8) is 0 Å². The zero-order valence-corrected chi connectivity index (χ0v) is 7.16. The summed E-state index contributed by atoms with van der Waals surface area (Å²) >= 11 is 0. The first-order valence-corrected chi connectivity index (χ1v) is 3.95. The standard InChI is InChI=1S/C10H8FN2/c1-8-5-6-13(12-8)10-4-2-3-9(11)7-10/h2,4-7H,1H3. The molecule has 1 heterocycles. The van der Waals surface area contributed by atoms with Gasteiger partial charge in [-0.25, -0.2) is 9.07 Å². The van der Waals surface area contributed by atoms with Crippen molar-refractivity contribution < 1.29 is 4.39 Å². The summed E-state index contributed by atoms with van der Waals surface area (Å²) < 4.78 is 14.4. The fraction of sp³-hybridized carbons (Fsp3) is 0.100. The smallest absolute Gasteiger partial charge is 0.133 e. The molecule has 0 saturated carbocycles. The molecule has 65 valence electrons. The number of rotatable bonds is 1. The molecule has 0 aliphatic heterocycles. The molecule has 2 nitrogen and oxygen atoms in total. The topological polar surface area (TPSA) is 17.8 Å². The van der Waals surface area contributed by atoms with E-state index in [4.69, 9.17) is 0 Å². The zero-order valence-electron chi connectivity index (χ0n) is 7.16. The second-order valence-electron chi connectivity index (χ2n) is 2.80. The lowest BCUT2D eigenvalue weighted by Crippen LogP contribution is -1.95. The molecule has 2 aromatic rings. The summed E-state index contributed by atoms with van der Waals surface area (Å²) in [5.41, 5.74) is 1.62. The summed E-state index contributed by atoms with van der Waals surface area (Å²) in [5.74, 6) is -0.370. The van der Waals surface area contributed by atoms with Gasteiger partial charge < -0.3 is 0 Å². The highest BCUT2D eigenvalue weighted by Gasteiger charge is 1.98. The van der Waals surface area contributed by atoms with Crippen LogP contribution < -0.4 is 0 Å². The van der Waals surface area contributed by atoms with E-state index in [1.165, 1.54) is 6.07 Å². The Morgan fingerprint density at radius 2 is 2.31 bits per heavy atom. The third-order valence-corrected chi connectivity index (χ3v) is 1.74. The third kappa shape index (κ3) is 1.59. The number of halogens is 1. The Morgan fingerprint density at radius 1 is 1.46 bits per heavy atom. The normalized spacial score (nSPS) is 10.3. The molecule has 0 bridgehead atoms. The number of hydrogen-bond donors (Lipinski definition) is 0. The van der Waals surface area contributed by atoms with Crippen LogP contribution in [0.25, 0.3) is 5.69 Å². The maximum atomic E-state index is 12.8. The number of aromatic nitrogens is 2. The van der Waals surface area contributed by atoms with Crippen molar-refractivity contribution in [1.82, 2.24) is 9.78 Å². The Balaban J connectivity index is 2.46. The van der Waals surface area contributed by atoms with Crippen LogP contribution in [-0.4, -0.2) is 9.78 Å². The van der Waals surface area contributed by atoms with Gasteiger partial charge in [0.2, 0.25) is 0 Å². The number of aryl methyl sites for hydroxylation is 1. The predicted molar refractivity (Wildman–Crippen MR) is 47.1 cm³/mol. The molecule has 1 aromatic heterocycles. The van der Waals surface area contributed by atoms with E-state index in [1.54, 1.807) is 23.0 Å². The van der Waals surface area contributed by atoms with Crippen LogP contribution in [0.2, 0.25) is 0 Å². The highest BCUT2D eigenvalue weighted by molar-refractivity contribution is 5.30. The fourth-order valence-corrected chi connectivity index (χ4v) is 1.13. The van der Waals surface area contributed by atoms with Gasteiger partial charge in [0.25, 0.3) is 0 Å². The second kappa shape index (κ2) is 3.01. The molecule has 3 heteroatoms. The van der Waals surface area contributed by atoms with E-state index in [1.807, 2.05) is 13.0 Å². The summed E-state index contributed by atoms with van der Waals surface area (Å²) in [5, 5.41) is 4.16. The van der Waals surface area contributed by atoms with Gasteiger partial charge in [0, 0.05) is 18.3 Å². The SMILES string of the molecule is Cc1ccn(-c2cc[c]c(F)c2)n1. The first-order chi connectivity index (χ1) is 6.25. The highest BCUT2D eigenvalue weighted by atomic mass is 19.1. The third-order valence-electron chi connectivity index (χ3n) is 1.74. The Kier molecular flexibility index (Phi) is 1.85. The van der Waals surface area contributed by atoms with E-state index in [-0.39, 0.29) is 5.82 Å².